The molecule has 76 valence electrons. The maximum absolute atomic E-state index is 4.50. The fourth-order valence-electron chi connectivity index (χ4n) is 1.72. The van der Waals surface area contributed by atoms with Crippen molar-refractivity contribution in [3.8, 4) is 0 Å². The van der Waals surface area contributed by atoms with Gasteiger partial charge in [-0.1, -0.05) is 24.3 Å². The van der Waals surface area contributed by atoms with Crippen molar-refractivity contribution in [2.24, 2.45) is 0 Å². The number of benzene rings is 1. The van der Waals surface area contributed by atoms with Crippen LogP contribution in [0, 0.1) is 20.8 Å². The second-order valence-electron chi connectivity index (χ2n) is 3.45. The second-order valence-corrected chi connectivity index (χ2v) is 3.45. The Bertz CT molecular complexity index is 463. The molecule has 0 bridgehead atoms. The van der Waals surface area contributed by atoms with Gasteiger partial charge in [0.25, 0.3) is 0 Å². The summed E-state index contributed by atoms with van der Waals surface area (Å²) in [6, 6.07) is 8.43. The van der Waals surface area contributed by atoms with Crippen LogP contribution in [0.5, 0.6) is 0 Å². The van der Waals surface area contributed by atoms with Crippen LogP contribution in [0.4, 0.5) is 0 Å². The first-order chi connectivity index (χ1) is 6.20. The Morgan fingerprint density at radius 2 is 1.43 bits per heavy atom. The minimum atomic E-state index is 0. The van der Waals surface area contributed by atoms with Crippen LogP contribution >= 0.6 is 0 Å². The smallest absolute Gasteiger partial charge is 0.0454 e. The van der Waals surface area contributed by atoms with E-state index in [2.05, 4.69) is 50.0 Å². The first kappa shape index (κ1) is 11.4. The topological polar surface area (TPSA) is 12.9 Å². The molecule has 0 aliphatic carbocycles. The molecule has 2 aromatic rings. The van der Waals surface area contributed by atoms with E-state index in [1.54, 1.807) is 0 Å². The fraction of sp³-hybridized carbons (Fsp3) is 0.250. The van der Waals surface area contributed by atoms with Crippen LogP contribution in [0.25, 0.3) is 10.8 Å². The molecule has 0 amide bonds. The van der Waals surface area contributed by atoms with Crippen molar-refractivity contribution in [2.75, 3.05) is 0 Å². The van der Waals surface area contributed by atoms with Crippen LogP contribution in [0.1, 0.15) is 17.0 Å². The predicted molar refractivity (Wildman–Crippen MR) is 56.0 cm³/mol. The third-order valence-corrected chi connectivity index (χ3v) is 2.60. The number of rotatable bonds is 0. The molecule has 0 aliphatic rings. The molecule has 0 unspecified atom stereocenters. The summed E-state index contributed by atoms with van der Waals surface area (Å²) in [6.45, 7) is 6.26. The third-order valence-electron chi connectivity index (χ3n) is 2.60. The molecule has 1 aromatic heterocycles. The van der Waals surface area contributed by atoms with Crippen LogP contribution in [-0.4, -0.2) is 4.98 Å². The van der Waals surface area contributed by atoms with E-state index >= 15 is 0 Å². The maximum Gasteiger partial charge on any atom is 0.0454 e. The molecular formula is C12H13NPt. The van der Waals surface area contributed by atoms with E-state index in [-0.39, 0.29) is 21.1 Å². The Balaban J connectivity index is 0.000000980. The van der Waals surface area contributed by atoms with Crippen molar-refractivity contribution in [3.05, 3.63) is 41.2 Å². The van der Waals surface area contributed by atoms with Gasteiger partial charge in [0.2, 0.25) is 0 Å². The van der Waals surface area contributed by atoms with Crippen molar-refractivity contribution in [1.29, 1.82) is 0 Å². The van der Waals surface area contributed by atoms with Gasteiger partial charge >= 0.3 is 0 Å². The molecule has 0 saturated carbocycles. The maximum atomic E-state index is 4.50. The molecular weight excluding hydrogens is 353 g/mol. The number of aryl methyl sites for hydroxylation is 3. The van der Waals surface area contributed by atoms with Gasteiger partial charge in [-0.3, -0.25) is 4.98 Å². The number of pyridine rings is 1. The van der Waals surface area contributed by atoms with Gasteiger partial charge in [-0.15, -0.1) is 0 Å². The van der Waals surface area contributed by atoms with Crippen LogP contribution in [0.3, 0.4) is 0 Å². The second kappa shape index (κ2) is 4.23. The van der Waals surface area contributed by atoms with Crippen molar-refractivity contribution in [3.63, 3.8) is 0 Å². The van der Waals surface area contributed by atoms with Gasteiger partial charge in [0.1, 0.15) is 0 Å². The summed E-state index contributed by atoms with van der Waals surface area (Å²) in [7, 11) is 0. The molecule has 1 heterocycles. The average molecular weight is 366 g/mol. The van der Waals surface area contributed by atoms with Crippen LogP contribution in [-0.2, 0) is 21.1 Å². The van der Waals surface area contributed by atoms with E-state index < -0.39 is 0 Å². The monoisotopic (exact) mass is 366 g/mol. The van der Waals surface area contributed by atoms with Crippen LogP contribution in [0.2, 0.25) is 0 Å². The number of fused-ring (bicyclic) bond motifs is 1. The summed E-state index contributed by atoms with van der Waals surface area (Å²) in [5.74, 6) is 0. The zero-order valence-corrected chi connectivity index (χ0v) is 10.8. The molecule has 0 saturated heterocycles. The standard InChI is InChI=1S/C12H13N.Pt/c1-8-9(2)13-10(3)12-7-5-4-6-11(8)12;/h4-7H,1-3H3;. The van der Waals surface area contributed by atoms with E-state index in [0.717, 1.165) is 11.4 Å². The average Bonchev–Trinajstić information content (AvgIpc) is 2.15. The first-order valence-electron chi connectivity index (χ1n) is 4.52. The number of hydrogen-bond acceptors (Lipinski definition) is 1. The minimum absolute atomic E-state index is 0. The predicted octanol–water partition coefficient (Wildman–Crippen LogP) is 3.16. The van der Waals surface area contributed by atoms with E-state index in [1.807, 2.05) is 0 Å². The summed E-state index contributed by atoms with van der Waals surface area (Å²) in [5.41, 5.74) is 3.55. The molecule has 0 spiro atoms. The molecule has 0 radical (unpaired) electrons. The van der Waals surface area contributed by atoms with Crippen molar-refractivity contribution < 1.29 is 21.1 Å². The normalized spacial score (nSPS) is 9.93. The van der Waals surface area contributed by atoms with E-state index in [9.17, 15) is 0 Å². The van der Waals surface area contributed by atoms with Crippen LogP contribution < -0.4 is 0 Å². The molecule has 0 atom stereocenters. The molecule has 1 aromatic carbocycles. The van der Waals surface area contributed by atoms with Crippen molar-refractivity contribution >= 4 is 10.8 Å². The Hall–Kier alpha value is -0.682. The Kier molecular flexibility index (Phi) is 3.44. The van der Waals surface area contributed by atoms with Crippen molar-refractivity contribution in [2.45, 2.75) is 20.8 Å². The quantitative estimate of drug-likeness (QED) is 0.698. The number of aromatic nitrogens is 1. The van der Waals surface area contributed by atoms with Gasteiger partial charge in [-0.05, 0) is 31.7 Å². The van der Waals surface area contributed by atoms with Gasteiger partial charge in [0.15, 0.2) is 0 Å². The molecule has 1 nitrogen and oxygen atoms in total. The number of hydrogen-bond donors (Lipinski definition) is 0. The third kappa shape index (κ3) is 1.74. The van der Waals surface area contributed by atoms with E-state index in [4.69, 9.17) is 0 Å². The van der Waals surface area contributed by atoms with Gasteiger partial charge < -0.3 is 0 Å². The minimum Gasteiger partial charge on any atom is -0.258 e. The van der Waals surface area contributed by atoms with Gasteiger partial charge in [-0.25, -0.2) is 0 Å². The van der Waals surface area contributed by atoms with Crippen molar-refractivity contribution in [1.82, 2.24) is 4.98 Å². The molecule has 0 aliphatic heterocycles. The molecule has 14 heavy (non-hydrogen) atoms. The molecule has 0 fully saturated rings. The summed E-state index contributed by atoms with van der Waals surface area (Å²) in [5, 5.41) is 2.60. The Morgan fingerprint density at radius 3 is 2.07 bits per heavy atom. The summed E-state index contributed by atoms with van der Waals surface area (Å²) < 4.78 is 0. The van der Waals surface area contributed by atoms with E-state index in [1.165, 1.54) is 16.3 Å². The number of nitrogens with zero attached hydrogens (tertiary/aromatic N) is 1. The Labute approximate surface area is 98.8 Å². The van der Waals surface area contributed by atoms with Gasteiger partial charge in [0.05, 0.1) is 0 Å². The van der Waals surface area contributed by atoms with Crippen LogP contribution in [0.15, 0.2) is 24.3 Å². The van der Waals surface area contributed by atoms with Gasteiger partial charge in [-0.2, -0.15) is 0 Å². The zero-order valence-electron chi connectivity index (χ0n) is 8.57. The summed E-state index contributed by atoms with van der Waals surface area (Å²) in [4.78, 5) is 4.50. The Morgan fingerprint density at radius 1 is 0.857 bits per heavy atom. The first-order valence-corrected chi connectivity index (χ1v) is 4.52. The molecule has 0 N–H and O–H groups in total. The largest absolute Gasteiger partial charge is 0.258 e. The molecule has 2 heteroatoms. The molecule has 2 rings (SSSR count). The van der Waals surface area contributed by atoms with Gasteiger partial charge in [0, 0.05) is 37.8 Å². The summed E-state index contributed by atoms with van der Waals surface area (Å²) in [6.07, 6.45) is 0. The SMILES string of the molecule is Cc1nc(C)c2ccccc2c1C.[Pt]. The fourth-order valence-corrected chi connectivity index (χ4v) is 1.72. The summed E-state index contributed by atoms with van der Waals surface area (Å²) >= 11 is 0. The van der Waals surface area contributed by atoms with E-state index in [0.29, 0.717) is 0 Å². The zero-order chi connectivity index (χ0) is 9.42.